The first kappa shape index (κ1) is 14.1. The molecule has 3 heteroatoms. The third-order valence-electron chi connectivity index (χ3n) is 3.17. The molecule has 2 aromatic carbocycles. The third kappa shape index (κ3) is 3.37. The van der Waals surface area contributed by atoms with E-state index < -0.39 is 0 Å². The van der Waals surface area contributed by atoms with Gasteiger partial charge in [0.2, 0.25) is 0 Å². The summed E-state index contributed by atoms with van der Waals surface area (Å²) in [6, 6.07) is 17.5. The van der Waals surface area contributed by atoms with Gasteiger partial charge in [0.1, 0.15) is 5.75 Å². The van der Waals surface area contributed by atoms with Gasteiger partial charge in [-0.2, -0.15) is 5.26 Å². The van der Waals surface area contributed by atoms with Crippen LogP contribution in [0.15, 0.2) is 48.5 Å². The molecule has 2 rings (SSSR count). The van der Waals surface area contributed by atoms with Crippen LogP contribution in [0.5, 0.6) is 5.75 Å². The van der Waals surface area contributed by atoms with Crippen LogP contribution < -0.4 is 4.74 Å². The topological polar surface area (TPSA) is 42.2 Å². The zero-order valence-electron chi connectivity index (χ0n) is 11.7. The molecule has 0 heterocycles. The molecule has 0 amide bonds. The third-order valence-corrected chi connectivity index (χ3v) is 3.17. The lowest BCUT2D eigenvalue weighted by Gasteiger charge is -2.15. The molecule has 0 radical (unpaired) electrons. The van der Waals surface area contributed by atoms with Crippen LogP contribution in [0, 0.1) is 11.3 Å². The Bertz CT molecular complexity index is 602. The lowest BCUT2D eigenvalue weighted by molar-refractivity contribution is 0.0514. The summed E-state index contributed by atoms with van der Waals surface area (Å²) in [5.41, 5.74) is 2.62. The monoisotopic (exact) mass is 267 g/mol. The Labute approximate surface area is 119 Å². The molecular weight excluding hydrogens is 250 g/mol. The predicted molar refractivity (Wildman–Crippen MR) is 77.4 cm³/mol. The van der Waals surface area contributed by atoms with Gasteiger partial charge in [0.25, 0.3) is 0 Å². The lowest BCUT2D eigenvalue weighted by Crippen LogP contribution is -2.02. The molecule has 0 spiro atoms. The van der Waals surface area contributed by atoms with Gasteiger partial charge >= 0.3 is 0 Å². The van der Waals surface area contributed by atoms with Crippen molar-refractivity contribution in [3.05, 3.63) is 65.2 Å². The van der Waals surface area contributed by atoms with Crippen molar-refractivity contribution in [1.29, 1.82) is 5.26 Å². The summed E-state index contributed by atoms with van der Waals surface area (Å²) in [7, 11) is 1.62. The van der Waals surface area contributed by atoms with E-state index in [9.17, 15) is 0 Å². The molecule has 2 aromatic rings. The Morgan fingerprint density at radius 1 is 1.15 bits per heavy atom. The number of rotatable bonds is 5. The summed E-state index contributed by atoms with van der Waals surface area (Å²) in [5, 5.41) is 8.95. The highest BCUT2D eigenvalue weighted by atomic mass is 16.5. The number of methoxy groups -OCH3 is 1. The number of nitrogens with zero attached hydrogens (tertiary/aromatic N) is 1. The zero-order chi connectivity index (χ0) is 14.4. The van der Waals surface area contributed by atoms with E-state index in [2.05, 4.69) is 6.07 Å². The van der Waals surface area contributed by atoms with Crippen LogP contribution in [0.25, 0.3) is 0 Å². The first-order chi connectivity index (χ1) is 9.74. The fourth-order valence-corrected chi connectivity index (χ4v) is 2.00. The van der Waals surface area contributed by atoms with E-state index in [-0.39, 0.29) is 6.10 Å². The summed E-state index contributed by atoms with van der Waals surface area (Å²) >= 11 is 0. The smallest absolute Gasteiger partial charge is 0.124 e. The van der Waals surface area contributed by atoms with Gasteiger partial charge in [-0.15, -0.1) is 0 Å². The molecule has 0 aliphatic rings. The molecule has 0 bridgehead atoms. The first-order valence-corrected chi connectivity index (χ1v) is 6.48. The van der Waals surface area contributed by atoms with E-state index in [0.29, 0.717) is 12.2 Å². The van der Waals surface area contributed by atoms with Crippen LogP contribution in [0.2, 0.25) is 0 Å². The van der Waals surface area contributed by atoms with E-state index in [1.165, 1.54) is 0 Å². The van der Waals surface area contributed by atoms with Crippen LogP contribution >= 0.6 is 0 Å². The Morgan fingerprint density at radius 3 is 2.55 bits per heavy atom. The Hall–Kier alpha value is -2.31. The van der Waals surface area contributed by atoms with Gasteiger partial charge in [-0.1, -0.05) is 30.3 Å². The number of hydrogen-bond donors (Lipinski definition) is 0. The van der Waals surface area contributed by atoms with E-state index in [0.717, 1.165) is 16.9 Å². The summed E-state index contributed by atoms with van der Waals surface area (Å²) in [6.07, 6.45) is -0.00773. The van der Waals surface area contributed by atoms with Gasteiger partial charge in [0, 0.05) is 5.56 Å². The summed E-state index contributed by atoms with van der Waals surface area (Å²) in [4.78, 5) is 0. The molecule has 0 fully saturated rings. The van der Waals surface area contributed by atoms with Crippen molar-refractivity contribution < 1.29 is 9.47 Å². The van der Waals surface area contributed by atoms with Crippen molar-refractivity contribution in [1.82, 2.24) is 0 Å². The van der Waals surface area contributed by atoms with Crippen molar-refractivity contribution >= 4 is 0 Å². The SMILES string of the molecule is COc1ccc(C#N)cc1COC(C)c1ccccc1. The minimum absolute atomic E-state index is 0.00773. The van der Waals surface area contributed by atoms with Crippen molar-refractivity contribution in [3.63, 3.8) is 0 Å². The minimum atomic E-state index is -0.00773. The molecule has 102 valence electrons. The lowest BCUT2D eigenvalue weighted by atomic mass is 10.1. The maximum absolute atomic E-state index is 8.95. The molecule has 20 heavy (non-hydrogen) atoms. The molecule has 0 aliphatic heterocycles. The molecule has 3 nitrogen and oxygen atoms in total. The predicted octanol–water partition coefficient (Wildman–Crippen LogP) is 3.84. The van der Waals surface area contributed by atoms with Crippen molar-refractivity contribution in [3.8, 4) is 11.8 Å². The Morgan fingerprint density at radius 2 is 1.90 bits per heavy atom. The van der Waals surface area contributed by atoms with Crippen LogP contribution in [0.4, 0.5) is 0 Å². The highest BCUT2D eigenvalue weighted by Gasteiger charge is 2.09. The molecule has 0 saturated heterocycles. The molecule has 0 N–H and O–H groups in total. The fraction of sp³-hybridized carbons (Fsp3) is 0.235. The Kier molecular flexibility index (Phi) is 4.75. The van der Waals surface area contributed by atoms with Crippen molar-refractivity contribution in [2.45, 2.75) is 19.6 Å². The first-order valence-electron chi connectivity index (χ1n) is 6.48. The molecule has 0 saturated carbocycles. The molecule has 1 unspecified atom stereocenters. The maximum atomic E-state index is 8.95. The second-order valence-corrected chi connectivity index (χ2v) is 4.50. The van der Waals surface area contributed by atoms with Gasteiger partial charge in [0.05, 0.1) is 31.5 Å². The van der Waals surface area contributed by atoms with Crippen molar-refractivity contribution in [2.24, 2.45) is 0 Å². The average molecular weight is 267 g/mol. The minimum Gasteiger partial charge on any atom is -0.496 e. The number of benzene rings is 2. The molecule has 0 aliphatic carbocycles. The zero-order valence-corrected chi connectivity index (χ0v) is 11.7. The van der Waals surface area contributed by atoms with E-state index in [1.54, 1.807) is 25.3 Å². The van der Waals surface area contributed by atoms with Gasteiger partial charge in [-0.05, 0) is 30.7 Å². The summed E-state index contributed by atoms with van der Waals surface area (Å²) in [5.74, 6) is 0.740. The van der Waals surface area contributed by atoms with Crippen LogP contribution in [0.1, 0.15) is 29.7 Å². The largest absolute Gasteiger partial charge is 0.496 e. The van der Waals surface area contributed by atoms with Crippen LogP contribution in [0.3, 0.4) is 0 Å². The van der Waals surface area contributed by atoms with Crippen LogP contribution in [-0.4, -0.2) is 7.11 Å². The van der Waals surface area contributed by atoms with Crippen LogP contribution in [-0.2, 0) is 11.3 Å². The van der Waals surface area contributed by atoms with Crippen molar-refractivity contribution in [2.75, 3.05) is 7.11 Å². The van der Waals surface area contributed by atoms with Gasteiger partial charge in [-0.25, -0.2) is 0 Å². The molecular formula is C17H17NO2. The summed E-state index contributed by atoms with van der Waals surface area (Å²) in [6.45, 7) is 2.42. The maximum Gasteiger partial charge on any atom is 0.124 e. The number of nitriles is 1. The van der Waals surface area contributed by atoms with E-state index in [1.807, 2.05) is 37.3 Å². The molecule has 0 aromatic heterocycles. The average Bonchev–Trinajstić information content (AvgIpc) is 2.53. The second kappa shape index (κ2) is 6.74. The second-order valence-electron chi connectivity index (χ2n) is 4.50. The number of hydrogen-bond acceptors (Lipinski definition) is 3. The number of ether oxygens (including phenoxy) is 2. The van der Waals surface area contributed by atoms with E-state index >= 15 is 0 Å². The standard InChI is InChI=1S/C17H17NO2/c1-13(15-6-4-3-5-7-15)20-12-16-10-14(11-18)8-9-17(16)19-2/h3-10,13H,12H2,1-2H3. The highest BCUT2D eigenvalue weighted by molar-refractivity contribution is 5.41. The fourth-order valence-electron chi connectivity index (χ4n) is 2.00. The summed E-state index contributed by atoms with van der Waals surface area (Å²) < 4.78 is 11.2. The van der Waals surface area contributed by atoms with E-state index in [4.69, 9.17) is 14.7 Å². The van der Waals surface area contributed by atoms with Gasteiger partial charge in [0.15, 0.2) is 0 Å². The molecule has 1 atom stereocenters. The normalized spacial score (nSPS) is 11.7. The van der Waals surface area contributed by atoms with Gasteiger partial charge < -0.3 is 9.47 Å². The Balaban J connectivity index is 2.09. The quantitative estimate of drug-likeness (QED) is 0.826. The highest BCUT2D eigenvalue weighted by Crippen LogP contribution is 2.24. The van der Waals surface area contributed by atoms with Gasteiger partial charge in [-0.3, -0.25) is 0 Å².